The first kappa shape index (κ1) is 20.9. The van der Waals surface area contributed by atoms with Gasteiger partial charge in [-0.25, -0.2) is 18.7 Å². The molecule has 0 saturated heterocycles. The van der Waals surface area contributed by atoms with Crippen molar-refractivity contribution in [3.8, 4) is 0 Å². The van der Waals surface area contributed by atoms with E-state index in [1.165, 1.54) is 12.3 Å². The van der Waals surface area contributed by atoms with Gasteiger partial charge >= 0.3 is 0 Å². The number of amides is 1. The van der Waals surface area contributed by atoms with Gasteiger partial charge in [0.15, 0.2) is 11.5 Å². The zero-order chi connectivity index (χ0) is 20.2. The Hall–Kier alpha value is -2.40. The number of hydrogen-bond acceptors (Lipinski definition) is 7. The van der Waals surface area contributed by atoms with E-state index in [0.29, 0.717) is 25.0 Å². The summed E-state index contributed by atoms with van der Waals surface area (Å²) >= 11 is 5.15. The van der Waals surface area contributed by atoms with Crippen molar-refractivity contribution in [2.45, 2.75) is 50.6 Å². The zero-order valence-electron chi connectivity index (χ0n) is 14.8. The number of carbonyl (C=O) groups excluding carboxylic acids is 1. The molecule has 27 heavy (non-hydrogen) atoms. The Morgan fingerprint density at radius 2 is 2.19 bits per heavy atom. The van der Waals surface area contributed by atoms with Crippen LogP contribution >= 0.6 is 12.2 Å². The molecule has 1 aromatic heterocycles. The van der Waals surface area contributed by atoms with Crippen LogP contribution in [-0.2, 0) is 0 Å². The third-order valence-corrected chi connectivity index (χ3v) is 4.47. The van der Waals surface area contributed by atoms with E-state index in [0.717, 1.165) is 0 Å². The normalized spacial score (nSPS) is 22.1. The molecule has 2 rings (SSSR count). The quantitative estimate of drug-likeness (QED) is 0.357. The third-order valence-electron chi connectivity index (χ3n) is 4.25. The highest BCUT2D eigenvalue weighted by Gasteiger charge is 2.44. The van der Waals surface area contributed by atoms with Gasteiger partial charge in [0.2, 0.25) is 0 Å². The number of nitrogens with two attached hydrogens (primary N) is 3. The summed E-state index contributed by atoms with van der Waals surface area (Å²) < 4.78 is 27.6. The number of aromatic nitrogens is 2. The molecule has 0 radical (unpaired) electrons. The van der Waals surface area contributed by atoms with Gasteiger partial charge in [0.25, 0.3) is 11.8 Å². The highest BCUT2D eigenvalue weighted by Crippen LogP contribution is 2.33. The maximum absolute atomic E-state index is 13.8. The molecule has 0 aromatic carbocycles. The molecule has 0 bridgehead atoms. The van der Waals surface area contributed by atoms with Gasteiger partial charge < -0.3 is 27.8 Å². The second-order valence-electron chi connectivity index (χ2n) is 6.31. The van der Waals surface area contributed by atoms with Crippen LogP contribution in [0.25, 0.3) is 0 Å². The molecule has 1 aromatic rings. The highest BCUT2D eigenvalue weighted by molar-refractivity contribution is 7.81. The zero-order valence-corrected chi connectivity index (χ0v) is 15.7. The van der Waals surface area contributed by atoms with Crippen LogP contribution in [-0.4, -0.2) is 38.9 Å². The average Bonchev–Trinajstić information content (AvgIpc) is 2.58. The molecular formula is C16H23F2N7OS. The van der Waals surface area contributed by atoms with Crippen molar-refractivity contribution in [2.75, 3.05) is 10.6 Å². The predicted molar refractivity (Wildman–Crippen MR) is 104 cm³/mol. The number of thiocarbonyl (C=S) groups is 1. The third kappa shape index (κ3) is 5.30. The number of primary amides is 1. The number of nitrogens with one attached hydrogen (secondary N) is 2. The van der Waals surface area contributed by atoms with Gasteiger partial charge in [-0.15, -0.1) is 0 Å². The number of alkyl halides is 2. The molecule has 8 nitrogen and oxygen atoms in total. The second-order valence-corrected chi connectivity index (χ2v) is 6.75. The minimum absolute atomic E-state index is 0.00814. The fourth-order valence-corrected chi connectivity index (χ4v) is 2.95. The molecule has 1 fully saturated rings. The lowest BCUT2D eigenvalue weighted by molar-refractivity contribution is -0.0554. The van der Waals surface area contributed by atoms with Gasteiger partial charge in [-0.1, -0.05) is 19.1 Å². The SMILES string of the molecule is CC/C(N)=C/C(=S)Nc1nc(NC2CCCC(F)(F)C2N)cnc1C(N)=O. The molecule has 0 aliphatic heterocycles. The number of allylic oxidation sites excluding steroid dienone is 1. The lowest BCUT2D eigenvalue weighted by Gasteiger charge is -2.36. The standard InChI is InChI=1S/C16H23F2N7OS/c1-2-8(19)6-11(27)25-15-12(14(21)26)22-7-10(24-15)23-9-4-3-5-16(17,18)13(9)20/h6-7,9,13H,2-5,19-20H2,1H3,(H2,21,26)(H2,23,24,25,27)/b8-6-. The largest absolute Gasteiger partial charge is 0.402 e. The first-order chi connectivity index (χ1) is 12.6. The topological polar surface area (TPSA) is 145 Å². The van der Waals surface area contributed by atoms with Crippen molar-refractivity contribution in [1.29, 1.82) is 0 Å². The summed E-state index contributed by atoms with van der Waals surface area (Å²) in [6.07, 6.45) is 3.90. The van der Waals surface area contributed by atoms with E-state index in [1.807, 2.05) is 6.92 Å². The molecule has 2 atom stereocenters. The fraction of sp³-hybridized carbons (Fsp3) is 0.500. The van der Waals surface area contributed by atoms with Crippen LogP contribution in [0.4, 0.5) is 20.4 Å². The summed E-state index contributed by atoms with van der Waals surface area (Å²) in [6, 6.07) is -2.04. The van der Waals surface area contributed by atoms with Crippen LogP contribution in [0.2, 0.25) is 0 Å². The molecule has 1 aliphatic carbocycles. The van der Waals surface area contributed by atoms with E-state index in [9.17, 15) is 13.6 Å². The molecule has 1 saturated carbocycles. The van der Waals surface area contributed by atoms with E-state index in [4.69, 9.17) is 29.4 Å². The Balaban J connectivity index is 2.24. The summed E-state index contributed by atoms with van der Waals surface area (Å²) in [5.74, 6) is -3.58. The lowest BCUT2D eigenvalue weighted by Crippen LogP contribution is -2.55. The first-order valence-corrected chi connectivity index (χ1v) is 8.88. The van der Waals surface area contributed by atoms with Gasteiger partial charge in [-0.3, -0.25) is 4.79 Å². The molecule has 11 heteroatoms. The van der Waals surface area contributed by atoms with Crippen LogP contribution in [0.5, 0.6) is 0 Å². The fourth-order valence-electron chi connectivity index (χ4n) is 2.70. The molecule has 1 heterocycles. The van der Waals surface area contributed by atoms with Crippen molar-refractivity contribution in [1.82, 2.24) is 9.97 Å². The lowest BCUT2D eigenvalue weighted by atomic mass is 9.87. The maximum atomic E-state index is 13.8. The van der Waals surface area contributed by atoms with Crippen LogP contribution in [0.1, 0.15) is 43.1 Å². The van der Waals surface area contributed by atoms with Crippen LogP contribution in [0, 0.1) is 0 Å². The maximum Gasteiger partial charge on any atom is 0.271 e. The van der Waals surface area contributed by atoms with Crippen molar-refractivity contribution in [2.24, 2.45) is 17.2 Å². The number of rotatable bonds is 6. The second kappa shape index (κ2) is 8.53. The van der Waals surface area contributed by atoms with Gasteiger partial charge in [0.1, 0.15) is 10.8 Å². The van der Waals surface area contributed by atoms with E-state index in [-0.39, 0.29) is 28.7 Å². The van der Waals surface area contributed by atoms with Crippen molar-refractivity contribution in [3.63, 3.8) is 0 Å². The summed E-state index contributed by atoms with van der Waals surface area (Å²) in [6.45, 7) is 1.86. The smallest absolute Gasteiger partial charge is 0.271 e. The van der Waals surface area contributed by atoms with Crippen LogP contribution in [0.15, 0.2) is 18.0 Å². The molecular weight excluding hydrogens is 376 g/mol. The molecule has 0 spiro atoms. The number of hydrogen-bond donors (Lipinski definition) is 5. The Labute approximate surface area is 161 Å². The molecule has 1 amide bonds. The summed E-state index contributed by atoms with van der Waals surface area (Å²) in [5.41, 5.74) is 17.1. The summed E-state index contributed by atoms with van der Waals surface area (Å²) in [7, 11) is 0. The molecule has 1 aliphatic rings. The summed E-state index contributed by atoms with van der Waals surface area (Å²) in [5, 5.41) is 5.61. The van der Waals surface area contributed by atoms with E-state index >= 15 is 0 Å². The molecule has 2 unspecified atom stereocenters. The van der Waals surface area contributed by atoms with Crippen LogP contribution < -0.4 is 27.8 Å². The highest BCUT2D eigenvalue weighted by atomic mass is 32.1. The Morgan fingerprint density at radius 3 is 2.81 bits per heavy atom. The average molecular weight is 399 g/mol. The van der Waals surface area contributed by atoms with Gasteiger partial charge in [0.05, 0.1) is 12.2 Å². The first-order valence-electron chi connectivity index (χ1n) is 8.48. The molecule has 8 N–H and O–H groups in total. The number of anilines is 2. The minimum Gasteiger partial charge on any atom is -0.402 e. The van der Waals surface area contributed by atoms with Crippen molar-refractivity contribution in [3.05, 3.63) is 23.7 Å². The van der Waals surface area contributed by atoms with Gasteiger partial charge in [0, 0.05) is 18.2 Å². The van der Waals surface area contributed by atoms with Gasteiger partial charge in [-0.05, 0) is 25.3 Å². The number of halogens is 2. The Kier molecular flexibility index (Phi) is 6.60. The number of nitrogens with zero attached hydrogens (tertiary/aromatic N) is 2. The number of carbonyl (C=O) groups is 1. The van der Waals surface area contributed by atoms with E-state index < -0.39 is 23.9 Å². The van der Waals surface area contributed by atoms with E-state index in [1.54, 1.807) is 0 Å². The monoisotopic (exact) mass is 399 g/mol. The Morgan fingerprint density at radius 1 is 1.48 bits per heavy atom. The van der Waals surface area contributed by atoms with Crippen molar-refractivity contribution >= 4 is 34.7 Å². The predicted octanol–water partition coefficient (Wildman–Crippen LogP) is 1.49. The van der Waals surface area contributed by atoms with E-state index in [2.05, 4.69) is 20.6 Å². The Bertz CT molecular complexity index is 756. The van der Waals surface area contributed by atoms with Crippen molar-refractivity contribution < 1.29 is 13.6 Å². The minimum atomic E-state index is -2.96. The summed E-state index contributed by atoms with van der Waals surface area (Å²) in [4.78, 5) is 19.9. The van der Waals surface area contributed by atoms with Gasteiger partial charge in [-0.2, -0.15) is 0 Å². The molecule has 148 valence electrons. The van der Waals surface area contributed by atoms with Crippen LogP contribution in [0.3, 0.4) is 0 Å².